The van der Waals surface area contributed by atoms with Gasteiger partial charge in [0.2, 0.25) is 0 Å². The number of anilines is 1. The maximum atomic E-state index is 10.8. The Labute approximate surface area is 93.6 Å². The first-order valence-electron chi connectivity index (χ1n) is 5.18. The molecule has 1 heterocycles. The molecule has 0 unspecified atom stereocenters. The number of nitrogens with one attached hydrogen (secondary N) is 1. The first-order valence-corrected chi connectivity index (χ1v) is 5.18. The van der Waals surface area contributed by atoms with Gasteiger partial charge in [-0.15, -0.1) is 0 Å². The van der Waals surface area contributed by atoms with E-state index in [1.807, 2.05) is 11.1 Å². The number of nitrogens with zero attached hydrogens (tertiary/aromatic N) is 1. The molecule has 0 spiro atoms. The summed E-state index contributed by atoms with van der Waals surface area (Å²) in [7, 11) is 0. The summed E-state index contributed by atoms with van der Waals surface area (Å²) in [5, 5.41) is 10.9. The third-order valence-electron chi connectivity index (χ3n) is 2.41. The molecule has 1 fully saturated rings. The van der Waals surface area contributed by atoms with Gasteiger partial charge in [-0.05, 0) is 18.2 Å². The Bertz CT molecular complexity index is 375. The fourth-order valence-electron chi connectivity index (χ4n) is 1.58. The summed E-state index contributed by atoms with van der Waals surface area (Å²) in [6.07, 6.45) is 0. The SMILES string of the molecule is O=C(O)c1cccc(NN2CCOCC2)c1. The molecular weight excluding hydrogens is 208 g/mol. The second-order valence-electron chi connectivity index (χ2n) is 3.60. The van der Waals surface area contributed by atoms with Gasteiger partial charge >= 0.3 is 5.97 Å². The fourth-order valence-corrected chi connectivity index (χ4v) is 1.58. The van der Waals surface area contributed by atoms with Crippen LogP contribution in [0.3, 0.4) is 0 Å². The highest BCUT2D eigenvalue weighted by molar-refractivity contribution is 5.88. The monoisotopic (exact) mass is 222 g/mol. The molecule has 0 aromatic heterocycles. The number of hydrogen-bond acceptors (Lipinski definition) is 4. The Morgan fingerprint density at radius 3 is 2.81 bits per heavy atom. The summed E-state index contributed by atoms with van der Waals surface area (Å²) in [6.45, 7) is 3.01. The topological polar surface area (TPSA) is 61.8 Å². The van der Waals surface area contributed by atoms with Crippen LogP contribution in [0.25, 0.3) is 0 Å². The van der Waals surface area contributed by atoms with Gasteiger partial charge in [0, 0.05) is 18.8 Å². The normalized spacial score (nSPS) is 17.0. The Hall–Kier alpha value is -1.59. The van der Waals surface area contributed by atoms with Crippen LogP contribution in [0.4, 0.5) is 5.69 Å². The number of aromatic carboxylic acids is 1. The summed E-state index contributed by atoms with van der Waals surface area (Å²) in [4.78, 5) is 10.8. The van der Waals surface area contributed by atoms with Crippen molar-refractivity contribution in [3.63, 3.8) is 0 Å². The minimum absolute atomic E-state index is 0.290. The predicted octanol–water partition coefficient (Wildman–Crippen LogP) is 1.04. The second-order valence-corrected chi connectivity index (χ2v) is 3.60. The van der Waals surface area contributed by atoms with Gasteiger partial charge in [0.05, 0.1) is 18.8 Å². The summed E-state index contributed by atoms with van der Waals surface area (Å²) in [6, 6.07) is 6.78. The third-order valence-corrected chi connectivity index (χ3v) is 2.41. The number of morpholine rings is 1. The molecule has 1 aromatic rings. The van der Waals surface area contributed by atoms with Gasteiger partial charge in [0.15, 0.2) is 0 Å². The van der Waals surface area contributed by atoms with Crippen LogP contribution >= 0.6 is 0 Å². The lowest BCUT2D eigenvalue weighted by Gasteiger charge is -2.28. The van der Waals surface area contributed by atoms with E-state index < -0.39 is 5.97 Å². The van der Waals surface area contributed by atoms with Crippen molar-refractivity contribution < 1.29 is 14.6 Å². The average Bonchev–Trinajstić information content (AvgIpc) is 2.30. The van der Waals surface area contributed by atoms with Gasteiger partial charge in [0.25, 0.3) is 0 Å². The molecule has 1 aliphatic heterocycles. The molecule has 16 heavy (non-hydrogen) atoms. The summed E-state index contributed by atoms with van der Waals surface area (Å²) in [5.74, 6) is -0.911. The number of carboxylic acids is 1. The highest BCUT2D eigenvalue weighted by Crippen LogP contribution is 2.12. The van der Waals surface area contributed by atoms with Crippen LogP contribution in [0.5, 0.6) is 0 Å². The number of ether oxygens (including phenoxy) is 1. The Morgan fingerprint density at radius 2 is 2.12 bits per heavy atom. The zero-order chi connectivity index (χ0) is 11.4. The van der Waals surface area contributed by atoms with Gasteiger partial charge in [0.1, 0.15) is 0 Å². The molecule has 2 N–H and O–H groups in total. The van der Waals surface area contributed by atoms with E-state index in [1.54, 1.807) is 18.2 Å². The molecule has 2 rings (SSSR count). The van der Waals surface area contributed by atoms with Crippen LogP contribution in [-0.4, -0.2) is 42.4 Å². The van der Waals surface area contributed by atoms with Crippen LogP contribution in [0.1, 0.15) is 10.4 Å². The van der Waals surface area contributed by atoms with Crippen LogP contribution in [0.15, 0.2) is 24.3 Å². The van der Waals surface area contributed by atoms with Crippen molar-refractivity contribution in [2.45, 2.75) is 0 Å². The van der Waals surface area contributed by atoms with Gasteiger partial charge in [-0.3, -0.25) is 0 Å². The molecule has 0 amide bonds. The largest absolute Gasteiger partial charge is 0.478 e. The van der Waals surface area contributed by atoms with E-state index in [0.717, 1.165) is 18.8 Å². The third kappa shape index (κ3) is 2.71. The van der Waals surface area contributed by atoms with Gasteiger partial charge < -0.3 is 15.3 Å². The van der Waals surface area contributed by atoms with Gasteiger partial charge in [-0.2, -0.15) is 0 Å². The van der Waals surface area contributed by atoms with Crippen LogP contribution in [-0.2, 0) is 4.74 Å². The summed E-state index contributed by atoms with van der Waals surface area (Å²) in [5.41, 5.74) is 4.25. The maximum Gasteiger partial charge on any atom is 0.335 e. The zero-order valence-corrected chi connectivity index (χ0v) is 8.85. The van der Waals surface area contributed by atoms with E-state index in [-0.39, 0.29) is 0 Å². The van der Waals surface area contributed by atoms with E-state index in [4.69, 9.17) is 9.84 Å². The van der Waals surface area contributed by atoms with Crippen molar-refractivity contribution in [1.29, 1.82) is 0 Å². The average molecular weight is 222 g/mol. The molecule has 0 saturated carbocycles. The van der Waals surface area contributed by atoms with Crippen molar-refractivity contribution in [2.24, 2.45) is 0 Å². The highest BCUT2D eigenvalue weighted by Gasteiger charge is 2.10. The Balaban J connectivity index is 2.02. The molecule has 1 aromatic carbocycles. The van der Waals surface area contributed by atoms with Gasteiger partial charge in [-0.25, -0.2) is 9.80 Å². The van der Waals surface area contributed by atoms with E-state index >= 15 is 0 Å². The standard InChI is InChI=1S/C11H14N2O3/c14-11(15)9-2-1-3-10(8-9)12-13-4-6-16-7-5-13/h1-3,8,12H,4-7H2,(H,14,15). The van der Waals surface area contributed by atoms with Crippen LogP contribution in [0, 0.1) is 0 Å². The summed E-state index contributed by atoms with van der Waals surface area (Å²) >= 11 is 0. The lowest BCUT2D eigenvalue weighted by molar-refractivity contribution is 0.0496. The van der Waals surface area contributed by atoms with Gasteiger partial charge in [-0.1, -0.05) is 6.07 Å². The number of carbonyl (C=O) groups is 1. The van der Waals surface area contributed by atoms with Crippen LogP contribution < -0.4 is 5.43 Å². The molecule has 5 nitrogen and oxygen atoms in total. The number of carboxylic acid groups (broad SMARTS) is 1. The van der Waals surface area contributed by atoms with Crippen LogP contribution in [0.2, 0.25) is 0 Å². The van der Waals surface area contributed by atoms with E-state index in [1.165, 1.54) is 0 Å². The number of rotatable bonds is 3. The molecule has 0 bridgehead atoms. The Kier molecular flexibility index (Phi) is 3.38. The van der Waals surface area contributed by atoms with E-state index in [9.17, 15) is 4.79 Å². The highest BCUT2D eigenvalue weighted by atomic mass is 16.5. The molecule has 0 radical (unpaired) electrons. The predicted molar refractivity (Wildman–Crippen MR) is 59.4 cm³/mol. The smallest absolute Gasteiger partial charge is 0.335 e. The van der Waals surface area contributed by atoms with Crippen molar-refractivity contribution in [2.75, 3.05) is 31.7 Å². The lowest BCUT2D eigenvalue weighted by Crippen LogP contribution is -2.40. The molecule has 0 aliphatic carbocycles. The molecule has 86 valence electrons. The fraction of sp³-hybridized carbons (Fsp3) is 0.364. The summed E-state index contributed by atoms with van der Waals surface area (Å²) < 4.78 is 5.22. The van der Waals surface area contributed by atoms with E-state index in [0.29, 0.717) is 18.8 Å². The second kappa shape index (κ2) is 4.96. The Morgan fingerprint density at radius 1 is 1.38 bits per heavy atom. The number of hydrazine groups is 1. The quantitative estimate of drug-likeness (QED) is 0.800. The molecule has 5 heteroatoms. The lowest BCUT2D eigenvalue weighted by atomic mass is 10.2. The van der Waals surface area contributed by atoms with Crippen molar-refractivity contribution >= 4 is 11.7 Å². The van der Waals surface area contributed by atoms with Crippen molar-refractivity contribution in [3.8, 4) is 0 Å². The van der Waals surface area contributed by atoms with Crippen molar-refractivity contribution in [3.05, 3.63) is 29.8 Å². The number of hydrogen-bond donors (Lipinski definition) is 2. The molecular formula is C11H14N2O3. The molecule has 0 atom stereocenters. The first kappa shape index (κ1) is 10.9. The molecule has 1 aliphatic rings. The minimum atomic E-state index is -0.911. The maximum absolute atomic E-state index is 10.8. The first-order chi connectivity index (χ1) is 7.75. The van der Waals surface area contributed by atoms with E-state index in [2.05, 4.69) is 5.43 Å². The van der Waals surface area contributed by atoms with Crippen molar-refractivity contribution in [1.82, 2.24) is 5.01 Å². The number of benzene rings is 1. The molecule has 1 saturated heterocycles. The minimum Gasteiger partial charge on any atom is -0.478 e. The zero-order valence-electron chi connectivity index (χ0n) is 8.85.